The molecule has 0 bridgehead atoms. The number of ether oxygens (including phenoxy) is 1. The minimum absolute atomic E-state index is 0.00471. The van der Waals surface area contributed by atoms with Gasteiger partial charge in [-0.3, -0.25) is 4.79 Å². The van der Waals surface area contributed by atoms with E-state index >= 15 is 0 Å². The van der Waals surface area contributed by atoms with E-state index in [1.807, 2.05) is 6.92 Å². The molecule has 1 saturated carbocycles. The molecule has 1 aliphatic rings. The van der Waals surface area contributed by atoms with E-state index in [1.165, 1.54) is 6.20 Å². The van der Waals surface area contributed by atoms with Gasteiger partial charge in [0.2, 0.25) is 5.91 Å². The molecule has 1 aromatic rings. The summed E-state index contributed by atoms with van der Waals surface area (Å²) in [4.78, 5) is 29.4. The van der Waals surface area contributed by atoms with Crippen LogP contribution in [0.5, 0.6) is 0 Å². The molecule has 0 atom stereocenters. The number of hydrogen-bond acceptors (Lipinski definition) is 4. The molecule has 0 saturated heterocycles. The third kappa shape index (κ3) is 2.76. The van der Waals surface area contributed by atoms with Gasteiger partial charge in [0.05, 0.1) is 11.7 Å². The summed E-state index contributed by atoms with van der Waals surface area (Å²) in [6.07, 6.45) is 3.74. The highest BCUT2D eigenvalue weighted by molar-refractivity contribution is 5.85. The summed E-state index contributed by atoms with van der Waals surface area (Å²) in [5.74, 6) is -0.773. The number of carbonyl (C=O) groups excluding carboxylic acids is 1. The summed E-state index contributed by atoms with van der Waals surface area (Å²) >= 11 is 0. The maximum absolute atomic E-state index is 11.7. The van der Waals surface area contributed by atoms with Crippen LogP contribution in [0, 0.1) is 0 Å². The predicted molar refractivity (Wildman–Crippen MR) is 65.7 cm³/mol. The highest BCUT2D eigenvalue weighted by atomic mass is 16.5. The SMILES string of the molecule is CCOCC(=O)NC1(c2ncc(C(=O)O)[nH]2)CCC1. The Morgan fingerprint density at radius 3 is 2.79 bits per heavy atom. The fourth-order valence-corrected chi connectivity index (χ4v) is 2.12. The zero-order valence-electron chi connectivity index (χ0n) is 10.7. The summed E-state index contributed by atoms with van der Waals surface area (Å²) in [6, 6.07) is 0. The summed E-state index contributed by atoms with van der Waals surface area (Å²) in [6.45, 7) is 2.30. The first-order valence-electron chi connectivity index (χ1n) is 6.25. The van der Waals surface area contributed by atoms with E-state index in [0.29, 0.717) is 12.4 Å². The van der Waals surface area contributed by atoms with E-state index in [4.69, 9.17) is 9.84 Å². The van der Waals surface area contributed by atoms with Gasteiger partial charge in [-0.05, 0) is 26.2 Å². The highest BCUT2D eigenvalue weighted by Gasteiger charge is 2.42. The van der Waals surface area contributed by atoms with E-state index in [-0.39, 0.29) is 18.2 Å². The first-order chi connectivity index (χ1) is 9.07. The number of hydrogen-bond donors (Lipinski definition) is 3. The van der Waals surface area contributed by atoms with Gasteiger partial charge in [0.1, 0.15) is 18.1 Å². The van der Waals surface area contributed by atoms with Crippen molar-refractivity contribution in [3.8, 4) is 0 Å². The lowest BCUT2D eigenvalue weighted by Gasteiger charge is -2.40. The van der Waals surface area contributed by atoms with Gasteiger partial charge >= 0.3 is 5.97 Å². The van der Waals surface area contributed by atoms with Crippen LogP contribution >= 0.6 is 0 Å². The molecular weight excluding hydrogens is 250 g/mol. The van der Waals surface area contributed by atoms with E-state index in [2.05, 4.69) is 15.3 Å². The average molecular weight is 267 g/mol. The van der Waals surface area contributed by atoms with Crippen molar-refractivity contribution in [1.29, 1.82) is 0 Å². The quantitative estimate of drug-likeness (QED) is 0.701. The van der Waals surface area contributed by atoms with Crippen molar-refractivity contribution in [2.24, 2.45) is 0 Å². The van der Waals surface area contributed by atoms with Crippen LogP contribution in [0.3, 0.4) is 0 Å². The number of carboxylic acid groups (broad SMARTS) is 1. The van der Waals surface area contributed by atoms with Crippen LogP contribution < -0.4 is 5.32 Å². The normalized spacial score (nSPS) is 16.7. The maximum atomic E-state index is 11.7. The van der Waals surface area contributed by atoms with Crippen LogP contribution in [0.1, 0.15) is 42.5 Å². The molecule has 0 aliphatic heterocycles. The van der Waals surface area contributed by atoms with E-state index in [9.17, 15) is 9.59 Å². The molecular formula is C12H17N3O4. The van der Waals surface area contributed by atoms with Crippen molar-refractivity contribution in [2.75, 3.05) is 13.2 Å². The Kier molecular flexibility index (Phi) is 3.84. The molecule has 2 rings (SSSR count). The van der Waals surface area contributed by atoms with E-state index in [0.717, 1.165) is 19.3 Å². The number of aromatic carboxylic acids is 1. The molecule has 1 aliphatic carbocycles. The molecule has 1 aromatic heterocycles. The zero-order valence-corrected chi connectivity index (χ0v) is 10.7. The van der Waals surface area contributed by atoms with Crippen LogP contribution in [0.2, 0.25) is 0 Å². The standard InChI is InChI=1S/C12H17N3O4/c1-2-19-7-9(16)15-12(4-3-5-12)11-13-6-8(14-11)10(17)18/h6H,2-5,7H2,1H3,(H,13,14)(H,15,16)(H,17,18). The molecule has 0 radical (unpaired) electrons. The second kappa shape index (κ2) is 5.40. The van der Waals surface area contributed by atoms with Gasteiger partial charge in [0, 0.05) is 6.61 Å². The molecule has 19 heavy (non-hydrogen) atoms. The molecule has 1 amide bonds. The lowest BCUT2D eigenvalue weighted by molar-refractivity contribution is -0.129. The van der Waals surface area contributed by atoms with Gasteiger partial charge in [0.25, 0.3) is 0 Å². The number of imidazole rings is 1. The monoisotopic (exact) mass is 267 g/mol. The topological polar surface area (TPSA) is 104 Å². The summed E-state index contributed by atoms with van der Waals surface area (Å²) in [7, 11) is 0. The van der Waals surface area contributed by atoms with Gasteiger partial charge in [-0.2, -0.15) is 0 Å². The third-order valence-corrected chi connectivity index (χ3v) is 3.28. The van der Waals surface area contributed by atoms with Gasteiger partial charge < -0.3 is 20.1 Å². The number of aromatic amines is 1. The van der Waals surface area contributed by atoms with Crippen molar-refractivity contribution < 1.29 is 19.4 Å². The Morgan fingerprint density at radius 1 is 1.58 bits per heavy atom. The molecule has 0 unspecified atom stereocenters. The molecule has 1 heterocycles. The maximum Gasteiger partial charge on any atom is 0.353 e. The van der Waals surface area contributed by atoms with Crippen LogP contribution in [0.25, 0.3) is 0 Å². The lowest BCUT2D eigenvalue weighted by atomic mass is 9.76. The number of amides is 1. The highest BCUT2D eigenvalue weighted by Crippen LogP contribution is 2.39. The van der Waals surface area contributed by atoms with Crippen LogP contribution in [-0.2, 0) is 15.1 Å². The van der Waals surface area contributed by atoms with Crippen molar-refractivity contribution in [2.45, 2.75) is 31.7 Å². The fraction of sp³-hybridized carbons (Fsp3) is 0.583. The van der Waals surface area contributed by atoms with Crippen LogP contribution in [-0.4, -0.2) is 40.2 Å². The minimum Gasteiger partial charge on any atom is -0.477 e. The summed E-state index contributed by atoms with van der Waals surface area (Å²) in [5.41, 5.74) is -0.539. The number of nitrogens with one attached hydrogen (secondary N) is 2. The average Bonchev–Trinajstić information content (AvgIpc) is 2.81. The number of carbonyl (C=O) groups is 2. The number of aromatic nitrogens is 2. The molecule has 0 spiro atoms. The van der Waals surface area contributed by atoms with Gasteiger partial charge in [0.15, 0.2) is 0 Å². The third-order valence-electron chi connectivity index (χ3n) is 3.28. The van der Waals surface area contributed by atoms with Crippen LogP contribution in [0.4, 0.5) is 0 Å². The Hall–Kier alpha value is -1.89. The molecule has 7 nitrogen and oxygen atoms in total. The Labute approximate surface area is 110 Å². The molecule has 3 N–H and O–H groups in total. The second-order valence-corrected chi connectivity index (χ2v) is 4.57. The largest absolute Gasteiger partial charge is 0.477 e. The van der Waals surface area contributed by atoms with E-state index in [1.54, 1.807) is 0 Å². The number of nitrogens with zero attached hydrogens (tertiary/aromatic N) is 1. The van der Waals surface area contributed by atoms with Gasteiger partial charge in [-0.1, -0.05) is 0 Å². The summed E-state index contributed by atoms with van der Waals surface area (Å²) in [5, 5.41) is 11.8. The van der Waals surface area contributed by atoms with Crippen molar-refractivity contribution in [3.05, 3.63) is 17.7 Å². The van der Waals surface area contributed by atoms with Crippen LogP contribution in [0.15, 0.2) is 6.20 Å². The molecule has 0 aromatic carbocycles. The van der Waals surface area contributed by atoms with Gasteiger partial charge in [-0.25, -0.2) is 9.78 Å². The first-order valence-corrected chi connectivity index (χ1v) is 6.25. The van der Waals surface area contributed by atoms with E-state index < -0.39 is 11.5 Å². The van der Waals surface area contributed by atoms with Gasteiger partial charge in [-0.15, -0.1) is 0 Å². The number of rotatable bonds is 6. The Bertz CT molecular complexity index is 479. The van der Waals surface area contributed by atoms with Crippen molar-refractivity contribution >= 4 is 11.9 Å². The first kappa shape index (κ1) is 13.5. The zero-order chi connectivity index (χ0) is 13.9. The second-order valence-electron chi connectivity index (χ2n) is 4.57. The Balaban J connectivity index is 2.08. The lowest BCUT2D eigenvalue weighted by Crippen LogP contribution is -2.52. The molecule has 104 valence electrons. The minimum atomic E-state index is -1.06. The van der Waals surface area contributed by atoms with Crippen molar-refractivity contribution in [3.63, 3.8) is 0 Å². The number of H-pyrrole nitrogens is 1. The predicted octanol–water partition coefficient (Wildman–Crippen LogP) is 0.640. The number of carboxylic acids is 1. The van der Waals surface area contributed by atoms with Crippen molar-refractivity contribution in [1.82, 2.24) is 15.3 Å². The Morgan fingerprint density at radius 2 is 2.32 bits per heavy atom. The molecule has 7 heteroatoms. The molecule has 1 fully saturated rings. The summed E-state index contributed by atoms with van der Waals surface area (Å²) < 4.78 is 5.05. The smallest absolute Gasteiger partial charge is 0.353 e. The fourth-order valence-electron chi connectivity index (χ4n) is 2.12.